The Morgan fingerprint density at radius 2 is 2.17 bits per heavy atom. The topological polar surface area (TPSA) is 106 Å². The summed E-state index contributed by atoms with van der Waals surface area (Å²) < 4.78 is 6.31. The van der Waals surface area contributed by atoms with Crippen LogP contribution >= 0.6 is 0 Å². The number of anilines is 1. The van der Waals surface area contributed by atoms with Gasteiger partial charge in [-0.1, -0.05) is 10.3 Å². The summed E-state index contributed by atoms with van der Waals surface area (Å²) in [4.78, 5) is 25.8. The van der Waals surface area contributed by atoms with E-state index in [4.69, 9.17) is 0 Å². The van der Waals surface area contributed by atoms with Gasteiger partial charge < -0.3 is 10.2 Å². The van der Waals surface area contributed by atoms with Crippen LogP contribution in [0, 0.1) is 12.8 Å². The summed E-state index contributed by atoms with van der Waals surface area (Å²) >= 11 is 0. The second-order valence-electron chi connectivity index (χ2n) is 5.51. The van der Waals surface area contributed by atoms with Crippen molar-refractivity contribution in [2.24, 2.45) is 5.92 Å². The zero-order valence-electron chi connectivity index (χ0n) is 13.0. The third kappa shape index (κ3) is 3.22. The first-order valence-electron chi connectivity index (χ1n) is 7.47. The number of hydrogen-bond donors (Lipinski definition) is 1. The molecule has 2 aromatic heterocycles. The van der Waals surface area contributed by atoms with Crippen molar-refractivity contribution in [3.63, 3.8) is 0 Å². The van der Waals surface area contributed by atoms with Crippen LogP contribution in [-0.2, 0) is 22.6 Å². The highest BCUT2D eigenvalue weighted by Gasteiger charge is 2.36. The normalized spacial score (nSPS) is 14.6. The molecule has 1 fully saturated rings. The number of carbonyl (C=O) groups excluding carboxylic acids is 2. The number of aryl methyl sites for hydroxylation is 2. The molecule has 23 heavy (non-hydrogen) atoms. The molecule has 0 radical (unpaired) electrons. The van der Waals surface area contributed by atoms with Crippen molar-refractivity contribution >= 4 is 17.6 Å². The van der Waals surface area contributed by atoms with E-state index in [2.05, 4.69) is 25.4 Å². The van der Waals surface area contributed by atoms with E-state index < -0.39 is 0 Å². The van der Waals surface area contributed by atoms with Crippen LogP contribution in [-0.4, -0.2) is 49.9 Å². The van der Waals surface area contributed by atoms with Crippen molar-refractivity contribution in [1.82, 2.24) is 25.0 Å². The Bertz CT molecular complexity index is 716. The van der Waals surface area contributed by atoms with Gasteiger partial charge in [0.15, 0.2) is 5.82 Å². The molecule has 2 aromatic rings. The molecule has 0 atom stereocenters. The van der Waals surface area contributed by atoms with Crippen LogP contribution in [0.4, 0.5) is 5.82 Å². The second-order valence-corrected chi connectivity index (χ2v) is 5.51. The fourth-order valence-corrected chi connectivity index (χ4v) is 2.35. The number of nitrogens with one attached hydrogen (secondary N) is 1. The first-order valence-corrected chi connectivity index (χ1v) is 7.47. The molecular weight excluding hydrogens is 300 g/mol. The SMILES string of the molecule is CCn1ccc(NC(=O)C2CN(C(=O)Cc3nonc3C)C2)n1. The van der Waals surface area contributed by atoms with Gasteiger partial charge in [0.05, 0.1) is 12.3 Å². The van der Waals surface area contributed by atoms with Crippen molar-refractivity contribution in [2.75, 3.05) is 18.4 Å². The maximum absolute atomic E-state index is 12.1. The van der Waals surface area contributed by atoms with Crippen LogP contribution < -0.4 is 5.32 Å². The Morgan fingerprint density at radius 1 is 1.39 bits per heavy atom. The molecule has 0 bridgehead atoms. The number of rotatable bonds is 5. The third-order valence-corrected chi connectivity index (χ3v) is 3.89. The fraction of sp³-hybridized carbons (Fsp3) is 0.500. The minimum Gasteiger partial charge on any atom is -0.341 e. The van der Waals surface area contributed by atoms with Gasteiger partial charge in [-0.3, -0.25) is 14.3 Å². The molecule has 1 aliphatic rings. The Kier molecular flexibility index (Phi) is 4.09. The number of likely N-dealkylation sites (tertiary alicyclic amines) is 1. The Morgan fingerprint density at radius 3 is 2.78 bits per heavy atom. The number of aromatic nitrogens is 4. The number of carbonyl (C=O) groups is 2. The highest BCUT2D eigenvalue weighted by molar-refractivity contribution is 5.94. The molecule has 122 valence electrons. The zero-order valence-corrected chi connectivity index (χ0v) is 13.0. The molecule has 3 heterocycles. The van der Waals surface area contributed by atoms with E-state index in [9.17, 15) is 9.59 Å². The van der Waals surface area contributed by atoms with Gasteiger partial charge in [0, 0.05) is 31.9 Å². The van der Waals surface area contributed by atoms with Crippen LogP contribution in [0.3, 0.4) is 0 Å². The van der Waals surface area contributed by atoms with Gasteiger partial charge in [-0.2, -0.15) is 5.10 Å². The predicted molar refractivity (Wildman–Crippen MR) is 79.3 cm³/mol. The smallest absolute Gasteiger partial charge is 0.232 e. The maximum atomic E-state index is 12.1. The second kappa shape index (κ2) is 6.19. The summed E-state index contributed by atoms with van der Waals surface area (Å²) in [6.45, 7) is 5.27. The highest BCUT2D eigenvalue weighted by atomic mass is 16.6. The summed E-state index contributed by atoms with van der Waals surface area (Å²) in [6.07, 6.45) is 1.95. The molecule has 1 N–H and O–H groups in total. The molecule has 1 saturated heterocycles. The summed E-state index contributed by atoms with van der Waals surface area (Å²) in [5.41, 5.74) is 1.15. The molecule has 0 saturated carbocycles. The summed E-state index contributed by atoms with van der Waals surface area (Å²) in [7, 11) is 0. The molecule has 2 amide bonds. The van der Waals surface area contributed by atoms with Crippen molar-refractivity contribution in [3.8, 4) is 0 Å². The molecule has 0 aliphatic carbocycles. The molecule has 9 nitrogen and oxygen atoms in total. The Hall–Kier alpha value is -2.71. The standard InChI is InChI=1S/C14H18N6O3/c1-3-20-5-4-12(16-20)15-14(22)10-7-19(8-10)13(21)6-11-9(2)17-23-18-11/h4-5,10H,3,6-8H2,1-2H3,(H,15,16,22). The van der Waals surface area contributed by atoms with Crippen LogP contribution in [0.1, 0.15) is 18.3 Å². The van der Waals surface area contributed by atoms with Crippen LogP contribution in [0.2, 0.25) is 0 Å². The molecule has 3 rings (SSSR count). The fourth-order valence-electron chi connectivity index (χ4n) is 2.35. The van der Waals surface area contributed by atoms with Crippen molar-refractivity contribution in [2.45, 2.75) is 26.8 Å². The summed E-state index contributed by atoms with van der Waals surface area (Å²) in [6, 6.07) is 1.75. The highest BCUT2D eigenvalue weighted by Crippen LogP contribution is 2.19. The predicted octanol–water partition coefficient (Wildman–Crippen LogP) is 0.234. The Labute approximate surface area is 132 Å². The first-order chi connectivity index (χ1) is 11.1. The van der Waals surface area contributed by atoms with Gasteiger partial charge in [-0.15, -0.1) is 0 Å². The average molecular weight is 318 g/mol. The summed E-state index contributed by atoms with van der Waals surface area (Å²) in [5, 5.41) is 14.3. The Balaban J connectivity index is 1.47. The largest absolute Gasteiger partial charge is 0.341 e. The summed E-state index contributed by atoms with van der Waals surface area (Å²) in [5.74, 6) is 0.131. The van der Waals surface area contributed by atoms with Crippen molar-refractivity contribution in [1.29, 1.82) is 0 Å². The molecular formula is C14H18N6O3. The van der Waals surface area contributed by atoms with Gasteiger partial charge in [0.2, 0.25) is 11.8 Å². The molecule has 1 aliphatic heterocycles. The number of amides is 2. The van der Waals surface area contributed by atoms with E-state index in [0.29, 0.717) is 30.3 Å². The van der Waals surface area contributed by atoms with E-state index in [0.717, 1.165) is 6.54 Å². The van der Waals surface area contributed by atoms with Crippen LogP contribution in [0.25, 0.3) is 0 Å². The van der Waals surface area contributed by atoms with Crippen molar-refractivity contribution in [3.05, 3.63) is 23.7 Å². The lowest BCUT2D eigenvalue weighted by Crippen LogP contribution is -2.54. The lowest BCUT2D eigenvalue weighted by atomic mass is 9.98. The lowest BCUT2D eigenvalue weighted by molar-refractivity contribution is -0.140. The molecule has 9 heteroatoms. The van der Waals surface area contributed by atoms with E-state index in [-0.39, 0.29) is 24.2 Å². The van der Waals surface area contributed by atoms with Gasteiger partial charge in [0.25, 0.3) is 0 Å². The maximum Gasteiger partial charge on any atom is 0.232 e. The number of hydrogen-bond acceptors (Lipinski definition) is 6. The average Bonchev–Trinajstić information content (AvgIpc) is 3.07. The minimum atomic E-state index is -0.206. The van der Waals surface area contributed by atoms with E-state index in [1.54, 1.807) is 28.8 Å². The van der Waals surface area contributed by atoms with E-state index >= 15 is 0 Å². The van der Waals surface area contributed by atoms with Gasteiger partial charge in [0.1, 0.15) is 11.4 Å². The van der Waals surface area contributed by atoms with E-state index in [1.165, 1.54) is 0 Å². The molecule has 0 aromatic carbocycles. The monoisotopic (exact) mass is 318 g/mol. The van der Waals surface area contributed by atoms with Crippen molar-refractivity contribution < 1.29 is 14.2 Å². The minimum absolute atomic E-state index is 0.0805. The quantitative estimate of drug-likeness (QED) is 0.846. The van der Waals surface area contributed by atoms with Crippen LogP contribution in [0.5, 0.6) is 0 Å². The van der Waals surface area contributed by atoms with E-state index in [1.807, 2.05) is 6.92 Å². The first kappa shape index (κ1) is 15.2. The molecule has 0 unspecified atom stereocenters. The van der Waals surface area contributed by atoms with Crippen LogP contribution in [0.15, 0.2) is 16.9 Å². The van der Waals surface area contributed by atoms with Gasteiger partial charge >= 0.3 is 0 Å². The lowest BCUT2D eigenvalue weighted by Gasteiger charge is -2.38. The zero-order chi connectivity index (χ0) is 16.4. The number of nitrogens with zero attached hydrogens (tertiary/aromatic N) is 5. The van der Waals surface area contributed by atoms with Gasteiger partial charge in [-0.25, -0.2) is 4.63 Å². The van der Waals surface area contributed by atoms with Gasteiger partial charge in [-0.05, 0) is 13.8 Å². The third-order valence-electron chi connectivity index (χ3n) is 3.89. The molecule has 0 spiro atoms.